The van der Waals surface area contributed by atoms with Crippen molar-refractivity contribution in [3.05, 3.63) is 76.8 Å². The van der Waals surface area contributed by atoms with Crippen LogP contribution < -0.4 is 5.32 Å². The number of fused-ring (bicyclic) bond motifs is 2. The van der Waals surface area contributed by atoms with Gasteiger partial charge in [-0.2, -0.15) is 5.10 Å². The molecule has 0 unspecified atom stereocenters. The standard InChI is InChI=1S/C22H18ClN3/c1-14-9-10-16(23)13-20(14)26-22-19(11-12-24-22)21(25-26)18-8-4-6-15-5-2-3-7-17(15)18/h2-10,13,24H,11-12H2,1H3. The van der Waals surface area contributed by atoms with Gasteiger partial charge in [0.2, 0.25) is 0 Å². The number of rotatable bonds is 2. The van der Waals surface area contributed by atoms with E-state index in [0.717, 1.165) is 40.8 Å². The maximum absolute atomic E-state index is 6.26. The van der Waals surface area contributed by atoms with Crippen LogP contribution in [0.5, 0.6) is 0 Å². The van der Waals surface area contributed by atoms with E-state index in [1.807, 2.05) is 22.9 Å². The van der Waals surface area contributed by atoms with Gasteiger partial charge in [-0.15, -0.1) is 0 Å². The second-order valence-corrected chi connectivity index (χ2v) is 7.16. The molecule has 0 fully saturated rings. The summed E-state index contributed by atoms with van der Waals surface area (Å²) in [7, 11) is 0. The van der Waals surface area contributed by atoms with E-state index in [4.69, 9.17) is 16.7 Å². The minimum atomic E-state index is 0.722. The molecule has 1 N–H and O–H groups in total. The van der Waals surface area contributed by atoms with Gasteiger partial charge < -0.3 is 5.32 Å². The molecule has 1 aromatic heterocycles. The lowest BCUT2D eigenvalue weighted by Crippen LogP contribution is -2.05. The van der Waals surface area contributed by atoms with Crippen LogP contribution in [-0.4, -0.2) is 16.3 Å². The zero-order valence-electron chi connectivity index (χ0n) is 14.5. The van der Waals surface area contributed by atoms with E-state index in [1.54, 1.807) is 0 Å². The van der Waals surface area contributed by atoms with Crippen LogP contribution in [0, 0.1) is 6.92 Å². The van der Waals surface area contributed by atoms with Gasteiger partial charge in [0, 0.05) is 22.7 Å². The topological polar surface area (TPSA) is 29.9 Å². The monoisotopic (exact) mass is 359 g/mol. The third-order valence-corrected chi connectivity index (χ3v) is 5.33. The van der Waals surface area contributed by atoms with Gasteiger partial charge in [0.25, 0.3) is 0 Å². The Morgan fingerprint density at radius 3 is 2.81 bits per heavy atom. The maximum atomic E-state index is 6.26. The van der Waals surface area contributed by atoms with Crippen LogP contribution in [0.2, 0.25) is 5.02 Å². The van der Waals surface area contributed by atoms with Crippen molar-refractivity contribution in [3.63, 3.8) is 0 Å². The molecule has 3 aromatic carbocycles. The fourth-order valence-corrected chi connectivity index (χ4v) is 3.97. The van der Waals surface area contributed by atoms with Crippen molar-refractivity contribution in [2.45, 2.75) is 13.3 Å². The first kappa shape index (κ1) is 15.5. The average molecular weight is 360 g/mol. The second kappa shape index (κ2) is 5.89. The van der Waals surface area contributed by atoms with Crippen molar-refractivity contribution in [1.29, 1.82) is 0 Å². The number of aryl methyl sites for hydroxylation is 1. The molecule has 4 heteroatoms. The second-order valence-electron chi connectivity index (χ2n) is 6.72. The molecule has 4 aromatic rings. The third-order valence-electron chi connectivity index (χ3n) is 5.10. The maximum Gasteiger partial charge on any atom is 0.133 e. The van der Waals surface area contributed by atoms with Gasteiger partial charge in [0.1, 0.15) is 5.82 Å². The average Bonchev–Trinajstić information content (AvgIpc) is 3.26. The summed E-state index contributed by atoms with van der Waals surface area (Å²) in [6.45, 7) is 3.02. The van der Waals surface area contributed by atoms with Crippen LogP contribution >= 0.6 is 11.6 Å². The summed E-state index contributed by atoms with van der Waals surface area (Å²) in [5.41, 5.74) is 5.69. The van der Waals surface area contributed by atoms with E-state index in [2.05, 4.69) is 54.7 Å². The molecule has 1 aliphatic heterocycles. The Morgan fingerprint density at radius 2 is 1.88 bits per heavy atom. The van der Waals surface area contributed by atoms with E-state index in [0.29, 0.717) is 0 Å². The first-order valence-electron chi connectivity index (χ1n) is 8.83. The Balaban J connectivity index is 1.78. The molecule has 0 saturated heterocycles. The number of aromatic nitrogens is 2. The van der Waals surface area contributed by atoms with Crippen LogP contribution in [-0.2, 0) is 6.42 Å². The predicted octanol–water partition coefficient (Wildman–Crippen LogP) is 5.62. The fraction of sp³-hybridized carbons (Fsp3) is 0.136. The van der Waals surface area contributed by atoms with Crippen LogP contribution in [0.25, 0.3) is 27.7 Å². The lowest BCUT2D eigenvalue weighted by molar-refractivity contribution is 0.876. The first-order valence-corrected chi connectivity index (χ1v) is 9.20. The van der Waals surface area contributed by atoms with E-state index in [9.17, 15) is 0 Å². The third kappa shape index (κ3) is 2.31. The molecular formula is C22H18ClN3. The number of anilines is 1. The van der Waals surface area contributed by atoms with Crippen molar-refractivity contribution in [1.82, 2.24) is 9.78 Å². The summed E-state index contributed by atoms with van der Waals surface area (Å²) in [5, 5.41) is 11.7. The number of halogens is 1. The Kier molecular flexibility index (Phi) is 3.50. The molecule has 0 saturated carbocycles. The van der Waals surface area contributed by atoms with Gasteiger partial charge in [-0.05, 0) is 41.8 Å². The fourth-order valence-electron chi connectivity index (χ4n) is 3.81. The summed E-state index contributed by atoms with van der Waals surface area (Å²) in [6, 6.07) is 20.8. The number of hydrogen-bond acceptors (Lipinski definition) is 2. The summed E-state index contributed by atoms with van der Waals surface area (Å²) in [4.78, 5) is 0. The molecule has 5 rings (SSSR count). The largest absolute Gasteiger partial charge is 0.369 e. The Labute approximate surface area is 157 Å². The van der Waals surface area contributed by atoms with Crippen LogP contribution in [0.15, 0.2) is 60.7 Å². The van der Waals surface area contributed by atoms with Gasteiger partial charge in [-0.3, -0.25) is 0 Å². The van der Waals surface area contributed by atoms with Crippen molar-refractivity contribution >= 4 is 28.2 Å². The molecule has 3 nitrogen and oxygen atoms in total. The van der Waals surface area contributed by atoms with Crippen molar-refractivity contribution in [2.75, 3.05) is 11.9 Å². The van der Waals surface area contributed by atoms with Gasteiger partial charge in [0.15, 0.2) is 0 Å². The van der Waals surface area contributed by atoms with E-state index in [-0.39, 0.29) is 0 Å². The van der Waals surface area contributed by atoms with E-state index in [1.165, 1.54) is 21.9 Å². The lowest BCUT2D eigenvalue weighted by atomic mass is 9.99. The summed E-state index contributed by atoms with van der Waals surface area (Å²) in [6.07, 6.45) is 0.980. The molecule has 0 radical (unpaired) electrons. The normalized spacial score (nSPS) is 13.0. The van der Waals surface area contributed by atoms with E-state index >= 15 is 0 Å². The minimum Gasteiger partial charge on any atom is -0.369 e. The highest BCUT2D eigenvalue weighted by atomic mass is 35.5. The molecule has 1 aliphatic rings. The molecule has 26 heavy (non-hydrogen) atoms. The first-order chi connectivity index (χ1) is 12.7. The SMILES string of the molecule is Cc1ccc(Cl)cc1-n1nc(-c2cccc3ccccc23)c2c1NCC2. The Hall–Kier alpha value is -2.78. The smallest absolute Gasteiger partial charge is 0.133 e. The molecule has 0 spiro atoms. The van der Waals surface area contributed by atoms with Gasteiger partial charge in [-0.25, -0.2) is 4.68 Å². The van der Waals surface area contributed by atoms with Crippen LogP contribution in [0.1, 0.15) is 11.1 Å². The number of nitrogens with one attached hydrogen (secondary N) is 1. The van der Waals surface area contributed by atoms with Gasteiger partial charge in [-0.1, -0.05) is 60.1 Å². The summed E-state index contributed by atoms with van der Waals surface area (Å²) < 4.78 is 2.01. The van der Waals surface area contributed by atoms with Gasteiger partial charge >= 0.3 is 0 Å². The van der Waals surface area contributed by atoms with Crippen LogP contribution in [0.4, 0.5) is 5.82 Å². The predicted molar refractivity (Wildman–Crippen MR) is 108 cm³/mol. The molecule has 0 amide bonds. The van der Waals surface area contributed by atoms with Crippen molar-refractivity contribution in [2.24, 2.45) is 0 Å². The number of hydrogen-bond donors (Lipinski definition) is 1. The summed E-state index contributed by atoms with van der Waals surface area (Å²) in [5.74, 6) is 1.08. The van der Waals surface area contributed by atoms with Crippen molar-refractivity contribution < 1.29 is 0 Å². The number of nitrogens with zero attached hydrogens (tertiary/aromatic N) is 2. The number of benzene rings is 3. The zero-order chi connectivity index (χ0) is 17.7. The van der Waals surface area contributed by atoms with E-state index < -0.39 is 0 Å². The van der Waals surface area contributed by atoms with Crippen molar-refractivity contribution in [3.8, 4) is 16.9 Å². The highest BCUT2D eigenvalue weighted by Gasteiger charge is 2.25. The van der Waals surface area contributed by atoms with Crippen LogP contribution in [0.3, 0.4) is 0 Å². The summed E-state index contributed by atoms with van der Waals surface area (Å²) >= 11 is 6.26. The molecule has 2 heterocycles. The molecule has 0 aliphatic carbocycles. The molecule has 128 valence electrons. The Morgan fingerprint density at radius 1 is 1.04 bits per heavy atom. The Bertz CT molecular complexity index is 1140. The molecular weight excluding hydrogens is 342 g/mol. The molecule has 0 atom stereocenters. The molecule has 0 bridgehead atoms. The minimum absolute atomic E-state index is 0.722. The van der Waals surface area contributed by atoms with Gasteiger partial charge in [0.05, 0.1) is 11.4 Å². The zero-order valence-corrected chi connectivity index (χ0v) is 15.2. The quantitative estimate of drug-likeness (QED) is 0.503. The highest BCUT2D eigenvalue weighted by Crippen LogP contribution is 2.38. The lowest BCUT2D eigenvalue weighted by Gasteiger charge is -2.10. The highest BCUT2D eigenvalue weighted by molar-refractivity contribution is 6.30.